The van der Waals surface area contributed by atoms with Gasteiger partial charge in [0, 0.05) is 30.3 Å². The lowest BCUT2D eigenvalue weighted by atomic mass is 10.1. The first kappa shape index (κ1) is 21.8. The van der Waals surface area contributed by atoms with Crippen LogP contribution in [0.1, 0.15) is 54.3 Å². The molecule has 2 N–H and O–H groups in total. The maximum atomic E-state index is 12.5. The molecule has 1 atom stereocenters. The maximum Gasteiger partial charge on any atom is 0.338 e. The molecule has 0 aliphatic heterocycles. The van der Waals surface area contributed by atoms with Gasteiger partial charge in [-0.25, -0.2) is 4.79 Å². The Morgan fingerprint density at radius 3 is 1.90 bits per heavy atom. The van der Waals surface area contributed by atoms with E-state index in [9.17, 15) is 19.2 Å². The van der Waals surface area contributed by atoms with Crippen molar-refractivity contribution in [2.45, 2.75) is 39.7 Å². The molecule has 7 nitrogen and oxygen atoms in total. The summed E-state index contributed by atoms with van der Waals surface area (Å²) in [6.45, 7) is 4.81. The number of Topliss-reactive ketones (excluding diaryl/α,β-unsaturated/α-hetero) is 1. The predicted octanol–water partition coefficient (Wildman–Crippen LogP) is 3.81. The number of rotatable bonds is 8. The van der Waals surface area contributed by atoms with Crippen molar-refractivity contribution in [1.82, 2.24) is 0 Å². The summed E-state index contributed by atoms with van der Waals surface area (Å²) in [5.41, 5.74) is 1.81. The molecule has 0 radical (unpaired) electrons. The summed E-state index contributed by atoms with van der Waals surface area (Å²) in [7, 11) is 0. The fraction of sp³-hybridized carbons (Fsp3) is 0.273. The average molecular weight is 396 g/mol. The molecular formula is C22H24N2O5. The van der Waals surface area contributed by atoms with E-state index in [-0.39, 0.29) is 23.2 Å². The van der Waals surface area contributed by atoms with Gasteiger partial charge in [0.15, 0.2) is 6.10 Å². The summed E-state index contributed by atoms with van der Waals surface area (Å²) >= 11 is 0. The molecule has 0 bridgehead atoms. The Morgan fingerprint density at radius 2 is 1.38 bits per heavy atom. The highest BCUT2D eigenvalue weighted by Gasteiger charge is 2.20. The Hall–Kier alpha value is -3.48. The molecule has 0 saturated carbocycles. The van der Waals surface area contributed by atoms with Gasteiger partial charge in [-0.3, -0.25) is 14.4 Å². The zero-order valence-electron chi connectivity index (χ0n) is 16.7. The molecule has 0 unspecified atom stereocenters. The highest BCUT2D eigenvalue weighted by Crippen LogP contribution is 2.15. The van der Waals surface area contributed by atoms with Crippen molar-refractivity contribution in [2.24, 2.45) is 0 Å². The summed E-state index contributed by atoms with van der Waals surface area (Å²) in [6.07, 6.45) is 0.207. The van der Waals surface area contributed by atoms with Crippen molar-refractivity contribution in [3.8, 4) is 0 Å². The Labute approximate surface area is 169 Å². The molecule has 2 aromatic rings. The van der Waals surface area contributed by atoms with E-state index in [1.54, 1.807) is 36.4 Å². The van der Waals surface area contributed by atoms with Crippen LogP contribution in [0.2, 0.25) is 0 Å². The van der Waals surface area contributed by atoms with Crippen LogP contribution in [-0.2, 0) is 14.3 Å². The van der Waals surface area contributed by atoms with Crippen LogP contribution in [0.25, 0.3) is 0 Å². The van der Waals surface area contributed by atoms with E-state index in [0.717, 1.165) is 6.42 Å². The third kappa shape index (κ3) is 6.57. The third-order valence-electron chi connectivity index (χ3n) is 4.02. The minimum Gasteiger partial charge on any atom is -0.451 e. The average Bonchev–Trinajstić information content (AvgIpc) is 2.68. The van der Waals surface area contributed by atoms with E-state index in [0.29, 0.717) is 23.4 Å². The number of carbonyl (C=O) groups excluding carboxylic acids is 4. The topological polar surface area (TPSA) is 102 Å². The SMILES string of the molecule is CCCC(=O)Nc1ccc(C(=O)[C@@H](C)OC(=O)c2ccc(NC(C)=O)cc2)cc1. The largest absolute Gasteiger partial charge is 0.451 e. The summed E-state index contributed by atoms with van der Waals surface area (Å²) in [6, 6.07) is 12.6. The highest BCUT2D eigenvalue weighted by atomic mass is 16.5. The zero-order chi connectivity index (χ0) is 21.4. The maximum absolute atomic E-state index is 12.5. The lowest BCUT2D eigenvalue weighted by Gasteiger charge is -2.13. The number of ketones is 1. The second-order valence-corrected chi connectivity index (χ2v) is 6.55. The molecule has 0 aliphatic rings. The van der Waals surface area contributed by atoms with Gasteiger partial charge < -0.3 is 15.4 Å². The molecule has 2 rings (SSSR count). The van der Waals surface area contributed by atoms with E-state index < -0.39 is 12.1 Å². The van der Waals surface area contributed by atoms with E-state index >= 15 is 0 Å². The Kier molecular flexibility index (Phi) is 7.65. The van der Waals surface area contributed by atoms with Crippen molar-refractivity contribution in [3.63, 3.8) is 0 Å². The van der Waals surface area contributed by atoms with Crippen molar-refractivity contribution in [2.75, 3.05) is 10.6 Å². The first-order valence-electron chi connectivity index (χ1n) is 9.33. The van der Waals surface area contributed by atoms with Crippen LogP contribution >= 0.6 is 0 Å². The van der Waals surface area contributed by atoms with Crippen LogP contribution in [0.5, 0.6) is 0 Å². The molecule has 0 saturated heterocycles. The smallest absolute Gasteiger partial charge is 0.338 e. The van der Waals surface area contributed by atoms with Gasteiger partial charge in [-0.2, -0.15) is 0 Å². The van der Waals surface area contributed by atoms with Gasteiger partial charge in [0.25, 0.3) is 0 Å². The molecule has 0 heterocycles. The van der Waals surface area contributed by atoms with E-state index in [2.05, 4.69) is 10.6 Å². The summed E-state index contributed by atoms with van der Waals surface area (Å²) < 4.78 is 5.25. The zero-order valence-corrected chi connectivity index (χ0v) is 16.7. The number of amides is 2. The van der Waals surface area contributed by atoms with Gasteiger partial charge in [0.2, 0.25) is 17.6 Å². The normalized spacial score (nSPS) is 11.3. The number of anilines is 2. The molecule has 0 fully saturated rings. The molecular weight excluding hydrogens is 372 g/mol. The molecule has 0 aliphatic carbocycles. The summed E-state index contributed by atoms with van der Waals surface area (Å²) in [4.78, 5) is 47.4. The van der Waals surface area contributed by atoms with Crippen LogP contribution in [0, 0.1) is 0 Å². The van der Waals surface area contributed by atoms with Crippen molar-refractivity contribution < 1.29 is 23.9 Å². The first-order valence-corrected chi connectivity index (χ1v) is 9.33. The molecule has 7 heteroatoms. The fourth-order valence-corrected chi connectivity index (χ4v) is 2.58. The highest BCUT2D eigenvalue weighted by molar-refractivity contribution is 6.02. The predicted molar refractivity (Wildman–Crippen MR) is 110 cm³/mol. The van der Waals surface area contributed by atoms with Crippen LogP contribution in [-0.4, -0.2) is 29.7 Å². The van der Waals surface area contributed by atoms with Gasteiger partial charge in [-0.15, -0.1) is 0 Å². The number of ether oxygens (including phenoxy) is 1. The molecule has 0 aromatic heterocycles. The van der Waals surface area contributed by atoms with Crippen molar-refractivity contribution in [1.29, 1.82) is 0 Å². The lowest BCUT2D eigenvalue weighted by Crippen LogP contribution is -2.24. The van der Waals surface area contributed by atoms with E-state index in [1.807, 2.05) is 6.92 Å². The third-order valence-corrected chi connectivity index (χ3v) is 4.02. The molecule has 152 valence electrons. The Balaban J connectivity index is 1.96. The van der Waals surface area contributed by atoms with Crippen LogP contribution in [0.15, 0.2) is 48.5 Å². The van der Waals surface area contributed by atoms with Crippen molar-refractivity contribution in [3.05, 3.63) is 59.7 Å². The van der Waals surface area contributed by atoms with Gasteiger partial charge in [-0.1, -0.05) is 6.92 Å². The first-order chi connectivity index (χ1) is 13.8. The van der Waals surface area contributed by atoms with Crippen LogP contribution in [0.3, 0.4) is 0 Å². The number of carbonyl (C=O) groups is 4. The standard InChI is InChI=1S/C22H24N2O5/c1-4-5-20(26)24-19-10-6-16(7-11-19)21(27)14(2)29-22(28)17-8-12-18(13-9-17)23-15(3)25/h6-14H,4-5H2,1-3H3,(H,23,25)(H,24,26)/t14-/m1/s1. The summed E-state index contributed by atoms with van der Waals surface area (Å²) in [5.74, 6) is -1.28. The molecule has 29 heavy (non-hydrogen) atoms. The number of esters is 1. The quantitative estimate of drug-likeness (QED) is 0.522. The number of hydrogen-bond acceptors (Lipinski definition) is 5. The van der Waals surface area contributed by atoms with Crippen LogP contribution < -0.4 is 10.6 Å². The van der Waals surface area contributed by atoms with Crippen molar-refractivity contribution >= 4 is 34.9 Å². The van der Waals surface area contributed by atoms with Gasteiger partial charge >= 0.3 is 5.97 Å². The fourth-order valence-electron chi connectivity index (χ4n) is 2.58. The van der Waals surface area contributed by atoms with E-state index in [1.165, 1.54) is 26.0 Å². The molecule has 2 aromatic carbocycles. The number of benzene rings is 2. The minimum atomic E-state index is -0.974. The van der Waals surface area contributed by atoms with Gasteiger partial charge in [0.1, 0.15) is 0 Å². The second kappa shape index (κ2) is 10.2. The number of nitrogens with one attached hydrogen (secondary N) is 2. The monoisotopic (exact) mass is 396 g/mol. The summed E-state index contributed by atoms with van der Waals surface area (Å²) in [5, 5.41) is 5.35. The van der Waals surface area contributed by atoms with Crippen LogP contribution in [0.4, 0.5) is 11.4 Å². The molecule has 2 amide bonds. The number of hydrogen-bond donors (Lipinski definition) is 2. The van der Waals surface area contributed by atoms with E-state index in [4.69, 9.17) is 4.74 Å². The Bertz CT molecular complexity index is 888. The second-order valence-electron chi connectivity index (χ2n) is 6.55. The minimum absolute atomic E-state index is 0.0848. The van der Waals surface area contributed by atoms with Gasteiger partial charge in [0.05, 0.1) is 5.56 Å². The Morgan fingerprint density at radius 1 is 0.862 bits per heavy atom. The molecule has 0 spiro atoms. The van der Waals surface area contributed by atoms with Gasteiger partial charge in [-0.05, 0) is 61.9 Å². The lowest BCUT2D eigenvalue weighted by molar-refractivity contribution is -0.116.